The molecule has 0 bridgehead atoms. The van der Waals surface area contributed by atoms with Crippen LogP contribution in [0.4, 0.5) is 0 Å². The molecule has 0 spiro atoms. The first-order valence-electron chi connectivity index (χ1n) is 1.28. The Morgan fingerprint density at radius 2 is 1.30 bits per heavy atom. The minimum Gasteiger partial charge on any atom is -0.871 e. The van der Waals surface area contributed by atoms with Crippen molar-refractivity contribution in [2.24, 2.45) is 0 Å². The van der Waals surface area contributed by atoms with E-state index in [2.05, 4.69) is 0 Å². The number of nitrogens with zero attached hydrogens (tertiary/aromatic N) is 1. The third-order valence-corrected chi connectivity index (χ3v) is 0. The van der Waals surface area contributed by atoms with Gasteiger partial charge >= 0.3 is 74.4 Å². The Labute approximate surface area is 115 Å². The SMILES string of the molecule is O=[N+]([O-])[O-].[K+].[Mg+2].[O-]B([O-])O. The monoisotopic (exact) mass is 185 g/mol. The van der Waals surface area contributed by atoms with E-state index in [0.29, 0.717) is 0 Å². The second-order valence-corrected chi connectivity index (χ2v) is 0.531. The maximum atomic E-state index is 8.53. The molecule has 7 nitrogen and oxygen atoms in total. The zero-order valence-electron chi connectivity index (χ0n) is 5.22. The van der Waals surface area contributed by atoms with E-state index in [-0.39, 0.29) is 74.4 Å². The van der Waals surface area contributed by atoms with E-state index in [9.17, 15) is 0 Å². The predicted octanol–water partition coefficient (Wildman–Crippen LogP) is -6.93. The topological polar surface area (TPSA) is 133 Å². The summed E-state index contributed by atoms with van der Waals surface area (Å²) in [6, 6.07) is 0. The van der Waals surface area contributed by atoms with E-state index in [4.69, 9.17) is 30.4 Å². The summed E-state index contributed by atoms with van der Waals surface area (Å²) in [5, 5.41) is 38.8. The van der Waals surface area contributed by atoms with Gasteiger partial charge in [0.15, 0.2) is 0 Å². The summed E-state index contributed by atoms with van der Waals surface area (Å²) in [4.78, 5) is 8.25. The van der Waals surface area contributed by atoms with Crippen molar-refractivity contribution in [1.29, 1.82) is 0 Å². The van der Waals surface area contributed by atoms with E-state index < -0.39 is 12.4 Å². The summed E-state index contributed by atoms with van der Waals surface area (Å²) in [7, 11) is -2.67. The Morgan fingerprint density at radius 1 is 1.30 bits per heavy atom. The Kier molecular flexibility index (Phi) is 38.1. The summed E-state index contributed by atoms with van der Waals surface area (Å²) in [5.41, 5.74) is 0. The Morgan fingerprint density at radius 3 is 1.30 bits per heavy atom. The van der Waals surface area contributed by atoms with Crippen molar-refractivity contribution in [3.63, 3.8) is 0 Å². The fourth-order valence-corrected chi connectivity index (χ4v) is 0. The van der Waals surface area contributed by atoms with Gasteiger partial charge < -0.3 is 30.4 Å². The van der Waals surface area contributed by atoms with Crippen LogP contribution in [-0.4, -0.2) is 40.5 Å². The predicted molar refractivity (Wildman–Crippen MR) is 24.1 cm³/mol. The first-order valence-corrected chi connectivity index (χ1v) is 1.28. The van der Waals surface area contributed by atoms with Crippen LogP contribution in [0.3, 0.4) is 0 Å². The molecular weight excluding hydrogens is 184 g/mol. The molecule has 0 rings (SSSR count). The molecule has 0 unspecified atom stereocenters. The second kappa shape index (κ2) is 16.9. The Bertz CT molecular complexity index is 62.0. The average molecular weight is 185 g/mol. The van der Waals surface area contributed by atoms with E-state index in [1.807, 2.05) is 0 Å². The molecule has 0 aliphatic heterocycles. The third kappa shape index (κ3) is 291. The minimum atomic E-state index is -2.67. The van der Waals surface area contributed by atoms with Gasteiger partial charge in [0.2, 0.25) is 0 Å². The molecule has 48 valence electrons. The average Bonchev–Trinajstić information content (AvgIpc) is 1.25. The van der Waals surface area contributed by atoms with Crippen molar-refractivity contribution in [2.45, 2.75) is 0 Å². The van der Waals surface area contributed by atoms with Gasteiger partial charge in [0.1, 0.15) is 0 Å². The quantitative estimate of drug-likeness (QED) is 0.226. The van der Waals surface area contributed by atoms with E-state index >= 15 is 0 Å². The third-order valence-electron chi connectivity index (χ3n) is 0. The molecule has 1 N–H and O–H groups in total. The fraction of sp³-hybridized carbons (Fsp3) is 0. The van der Waals surface area contributed by atoms with Crippen LogP contribution in [0.15, 0.2) is 0 Å². The summed E-state index contributed by atoms with van der Waals surface area (Å²) in [5.74, 6) is 0. The molecule has 0 aromatic carbocycles. The summed E-state index contributed by atoms with van der Waals surface area (Å²) in [6.45, 7) is 0. The van der Waals surface area contributed by atoms with Crippen molar-refractivity contribution in [1.82, 2.24) is 0 Å². The normalized spacial score (nSPS) is 5.10. The molecule has 0 aromatic heterocycles. The molecule has 0 atom stereocenters. The molecule has 10 heteroatoms. The second-order valence-electron chi connectivity index (χ2n) is 0.531. The van der Waals surface area contributed by atoms with Gasteiger partial charge in [0, 0.05) is 0 Å². The van der Waals surface area contributed by atoms with Crippen molar-refractivity contribution in [3.05, 3.63) is 15.3 Å². The fourth-order valence-electron chi connectivity index (χ4n) is 0. The molecule has 10 heavy (non-hydrogen) atoms. The maximum Gasteiger partial charge on any atom is 2.00 e. The standard InChI is InChI=1S/BHO3.K.Mg.NO3/c2-1(3)4;;;2-1(3)4/h2H;;;/q-2;+1;+2;-1. The maximum absolute atomic E-state index is 8.53. The van der Waals surface area contributed by atoms with Crippen molar-refractivity contribution in [2.75, 3.05) is 0 Å². The van der Waals surface area contributed by atoms with Gasteiger partial charge in [-0.25, -0.2) is 0 Å². The summed E-state index contributed by atoms with van der Waals surface area (Å²) >= 11 is 0. The summed E-state index contributed by atoms with van der Waals surface area (Å²) in [6.07, 6.45) is 0. The van der Waals surface area contributed by atoms with Crippen LogP contribution >= 0.6 is 0 Å². The molecule has 0 amide bonds. The Balaban J connectivity index is -0.0000000300. The molecule has 0 radical (unpaired) electrons. The van der Waals surface area contributed by atoms with Crippen LogP contribution in [0.1, 0.15) is 0 Å². The molecular formula is HBKMgNO6. The van der Waals surface area contributed by atoms with Crippen LogP contribution in [0.25, 0.3) is 0 Å². The first-order chi connectivity index (χ1) is 3.46. The number of hydrogen-bond donors (Lipinski definition) is 1. The van der Waals surface area contributed by atoms with E-state index in [0.717, 1.165) is 0 Å². The van der Waals surface area contributed by atoms with Gasteiger partial charge in [0.25, 0.3) is 0 Å². The van der Waals surface area contributed by atoms with Crippen LogP contribution in [0.5, 0.6) is 0 Å². The van der Waals surface area contributed by atoms with E-state index in [1.54, 1.807) is 0 Å². The molecule has 0 saturated carbocycles. The smallest absolute Gasteiger partial charge is 0.871 e. The molecule has 0 aliphatic carbocycles. The molecule has 0 fully saturated rings. The zero-order valence-corrected chi connectivity index (χ0v) is 9.76. The first kappa shape index (κ1) is 22.6. The zero-order chi connectivity index (χ0) is 7.15. The molecule has 0 saturated heterocycles. The van der Waals surface area contributed by atoms with E-state index in [1.165, 1.54) is 0 Å². The van der Waals surface area contributed by atoms with Gasteiger partial charge in [-0.15, -0.1) is 0 Å². The Hall–Kier alpha value is 1.55. The van der Waals surface area contributed by atoms with Crippen molar-refractivity contribution < 1.29 is 71.5 Å². The van der Waals surface area contributed by atoms with Crippen LogP contribution in [0, 0.1) is 15.3 Å². The van der Waals surface area contributed by atoms with Gasteiger partial charge in [-0.05, 0) is 0 Å². The molecule has 0 heterocycles. The van der Waals surface area contributed by atoms with Gasteiger partial charge in [-0.3, -0.25) is 0 Å². The number of rotatable bonds is 0. The summed E-state index contributed by atoms with van der Waals surface area (Å²) < 4.78 is 0. The minimum absolute atomic E-state index is 0. The van der Waals surface area contributed by atoms with Gasteiger partial charge in [-0.1, -0.05) is 0 Å². The van der Waals surface area contributed by atoms with Crippen molar-refractivity contribution >= 4 is 30.4 Å². The van der Waals surface area contributed by atoms with Gasteiger partial charge in [0.05, 0.1) is 12.4 Å². The number of hydrogen-bond acceptors (Lipinski definition) is 6. The molecule has 0 aliphatic rings. The largest absolute Gasteiger partial charge is 2.00 e. The van der Waals surface area contributed by atoms with Crippen LogP contribution in [0.2, 0.25) is 0 Å². The van der Waals surface area contributed by atoms with Crippen molar-refractivity contribution in [3.8, 4) is 0 Å². The van der Waals surface area contributed by atoms with Gasteiger partial charge in [-0.2, -0.15) is 0 Å². The van der Waals surface area contributed by atoms with Crippen LogP contribution in [-0.2, 0) is 0 Å². The molecule has 0 aromatic rings. The van der Waals surface area contributed by atoms with Crippen LogP contribution < -0.4 is 61.4 Å².